The number of carboxylic acids is 1. The third-order valence-corrected chi connectivity index (χ3v) is 4.12. The van der Waals surface area contributed by atoms with Gasteiger partial charge < -0.3 is 5.11 Å². The number of hydrogen-bond donors (Lipinski definition) is 1. The zero-order valence-electron chi connectivity index (χ0n) is 10.6. The van der Waals surface area contributed by atoms with Crippen molar-refractivity contribution in [3.8, 4) is 5.13 Å². The number of carbonyl (C=O) groups is 1. The van der Waals surface area contributed by atoms with Crippen LogP contribution in [-0.2, 0) is 0 Å². The van der Waals surface area contributed by atoms with Gasteiger partial charge in [0.1, 0.15) is 0 Å². The summed E-state index contributed by atoms with van der Waals surface area (Å²) in [6, 6.07) is 11.1. The van der Waals surface area contributed by atoms with E-state index in [9.17, 15) is 9.90 Å². The second kappa shape index (κ2) is 4.35. The van der Waals surface area contributed by atoms with Crippen LogP contribution in [0.3, 0.4) is 0 Å². The van der Waals surface area contributed by atoms with E-state index in [4.69, 9.17) is 0 Å². The lowest BCUT2D eigenvalue weighted by molar-refractivity contribution is 0.0692. The molecule has 0 amide bonds. The van der Waals surface area contributed by atoms with Gasteiger partial charge >= 0.3 is 5.97 Å². The van der Waals surface area contributed by atoms with Crippen LogP contribution in [0.25, 0.3) is 26.4 Å². The Morgan fingerprint density at radius 2 is 2.05 bits per heavy atom. The molecule has 4 aromatic rings. The van der Waals surface area contributed by atoms with Crippen LogP contribution in [0.15, 0.2) is 42.6 Å². The summed E-state index contributed by atoms with van der Waals surface area (Å²) in [6.45, 7) is 0. The van der Waals surface area contributed by atoms with Gasteiger partial charge in [0.2, 0.25) is 5.13 Å². The number of aromatic nitrogens is 4. The maximum Gasteiger partial charge on any atom is 0.357 e. The second-order valence-corrected chi connectivity index (χ2v) is 5.41. The predicted octanol–water partition coefficient (Wildman–Crippen LogP) is 2.73. The summed E-state index contributed by atoms with van der Waals surface area (Å²) >= 11 is 1.45. The first-order valence-corrected chi connectivity index (χ1v) is 6.99. The maximum absolute atomic E-state index is 11.3. The highest BCUT2D eigenvalue weighted by atomic mass is 32.1. The van der Waals surface area contributed by atoms with Gasteiger partial charge in [0.05, 0.1) is 15.6 Å². The van der Waals surface area contributed by atoms with Crippen molar-refractivity contribution in [2.24, 2.45) is 0 Å². The monoisotopic (exact) mass is 296 g/mol. The van der Waals surface area contributed by atoms with Crippen LogP contribution in [0.1, 0.15) is 10.5 Å². The second-order valence-electron chi connectivity index (χ2n) is 4.40. The molecule has 0 aliphatic heterocycles. The molecule has 0 radical (unpaired) electrons. The maximum atomic E-state index is 11.3. The SMILES string of the molecule is O=C(O)c1nn(-c2nc3ccccc3s2)c2ncccc12. The number of para-hydroxylation sites is 1. The molecule has 0 unspecified atom stereocenters. The Hall–Kier alpha value is -2.80. The standard InChI is InChI=1S/C14H8N4O2S/c19-13(20)11-8-4-3-7-15-12(8)18(17-11)14-16-9-5-1-2-6-10(9)21-14/h1-7H,(H,19,20). The smallest absolute Gasteiger partial charge is 0.357 e. The van der Waals surface area contributed by atoms with E-state index in [1.54, 1.807) is 18.3 Å². The molecule has 1 aromatic carbocycles. The van der Waals surface area contributed by atoms with E-state index in [1.807, 2.05) is 24.3 Å². The Morgan fingerprint density at radius 3 is 2.86 bits per heavy atom. The molecular formula is C14H8N4O2S. The summed E-state index contributed by atoms with van der Waals surface area (Å²) in [5, 5.41) is 14.5. The van der Waals surface area contributed by atoms with Crippen molar-refractivity contribution in [2.75, 3.05) is 0 Å². The number of aromatic carboxylic acids is 1. The Kier molecular flexibility index (Phi) is 2.48. The topological polar surface area (TPSA) is 80.9 Å². The number of hydrogen-bond acceptors (Lipinski definition) is 5. The number of thiazole rings is 1. The number of fused-ring (bicyclic) bond motifs is 2. The summed E-state index contributed by atoms with van der Waals surface area (Å²) in [5.74, 6) is -1.08. The number of carboxylic acid groups (broad SMARTS) is 1. The molecule has 0 bridgehead atoms. The summed E-state index contributed by atoms with van der Waals surface area (Å²) in [6.07, 6.45) is 1.61. The highest BCUT2D eigenvalue weighted by Crippen LogP contribution is 2.27. The van der Waals surface area contributed by atoms with Gasteiger partial charge in [-0.3, -0.25) is 0 Å². The van der Waals surface area contributed by atoms with Crippen molar-refractivity contribution in [2.45, 2.75) is 0 Å². The van der Waals surface area contributed by atoms with Gasteiger partial charge in [-0.15, -0.1) is 0 Å². The van der Waals surface area contributed by atoms with E-state index >= 15 is 0 Å². The first kappa shape index (κ1) is 12.0. The van der Waals surface area contributed by atoms with Gasteiger partial charge in [0.15, 0.2) is 11.3 Å². The molecule has 21 heavy (non-hydrogen) atoms. The van der Waals surface area contributed by atoms with E-state index in [0.717, 1.165) is 10.2 Å². The quantitative estimate of drug-likeness (QED) is 0.615. The lowest BCUT2D eigenvalue weighted by Gasteiger charge is -1.95. The minimum atomic E-state index is -1.08. The molecule has 0 aliphatic carbocycles. The van der Waals surface area contributed by atoms with Crippen LogP contribution in [0, 0.1) is 0 Å². The van der Waals surface area contributed by atoms with Gasteiger partial charge in [-0.25, -0.2) is 14.8 Å². The largest absolute Gasteiger partial charge is 0.476 e. The van der Waals surface area contributed by atoms with Crippen LogP contribution in [0.5, 0.6) is 0 Å². The van der Waals surface area contributed by atoms with Crippen molar-refractivity contribution in [3.05, 3.63) is 48.3 Å². The van der Waals surface area contributed by atoms with Gasteiger partial charge in [0.25, 0.3) is 0 Å². The van der Waals surface area contributed by atoms with Gasteiger partial charge in [-0.1, -0.05) is 23.5 Å². The van der Waals surface area contributed by atoms with Crippen LogP contribution < -0.4 is 0 Å². The summed E-state index contributed by atoms with van der Waals surface area (Å²) < 4.78 is 2.51. The summed E-state index contributed by atoms with van der Waals surface area (Å²) in [5.41, 5.74) is 1.33. The fraction of sp³-hybridized carbons (Fsp3) is 0. The van der Waals surface area contributed by atoms with Crippen LogP contribution in [0.2, 0.25) is 0 Å². The Balaban J connectivity index is 2.03. The lowest BCUT2D eigenvalue weighted by Crippen LogP contribution is -2.01. The number of pyridine rings is 1. The van der Waals surface area contributed by atoms with Crippen molar-refractivity contribution < 1.29 is 9.90 Å². The number of nitrogens with zero attached hydrogens (tertiary/aromatic N) is 4. The van der Waals surface area contributed by atoms with Crippen LogP contribution in [0.4, 0.5) is 0 Å². The summed E-state index contributed by atoms with van der Waals surface area (Å²) in [7, 11) is 0. The highest BCUT2D eigenvalue weighted by Gasteiger charge is 2.19. The van der Waals surface area contributed by atoms with Crippen molar-refractivity contribution in [3.63, 3.8) is 0 Å². The normalized spacial score (nSPS) is 11.2. The molecule has 0 saturated heterocycles. The molecule has 3 aromatic heterocycles. The molecule has 0 aliphatic rings. The molecule has 0 spiro atoms. The zero-order chi connectivity index (χ0) is 14.4. The zero-order valence-corrected chi connectivity index (χ0v) is 11.4. The van der Waals surface area contributed by atoms with Crippen LogP contribution in [-0.4, -0.2) is 30.8 Å². The van der Waals surface area contributed by atoms with Crippen molar-refractivity contribution >= 4 is 38.6 Å². The van der Waals surface area contributed by atoms with E-state index in [0.29, 0.717) is 16.2 Å². The first-order valence-electron chi connectivity index (χ1n) is 6.17. The van der Waals surface area contributed by atoms with E-state index in [1.165, 1.54) is 16.0 Å². The molecule has 4 rings (SSSR count). The van der Waals surface area contributed by atoms with E-state index in [2.05, 4.69) is 15.1 Å². The Bertz CT molecular complexity index is 956. The van der Waals surface area contributed by atoms with Crippen LogP contribution >= 0.6 is 11.3 Å². The molecule has 1 N–H and O–H groups in total. The molecule has 7 heteroatoms. The Labute approximate surface area is 122 Å². The third kappa shape index (κ3) is 1.78. The van der Waals surface area contributed by atoms with E-state index in [-0.39, 0.29) is 5.69 Å². The fourth-order valence-electron chi connectivity index (χ4n) is 2.19. The molecule has 0 saturated carbocycles. The Morgan fingerprint density at radius 1 is 1.19 bits per heavy atom. The van der Waals surface area contributed by atoms with Gasteiger partial charge in [-0.05, 0) is 24.3 Å². The lowest BCUT2D eigenvalue weighted by atomic mass is 10.3. The third-order valence-electron chi connectivity index (χ3n) is 3.11. The van der Waals surface area contributed by atoms with Gasteiger partial charge in [-0.2, -0.15) is 9.78 Å². The summed E-state index contributed by atoms with van der Waals surface area (Å²) in [4.78, 5) is 20.0. The minimum absolute atomic E-state index is 0.0163. The van der Waals surface area contributed by atoms with E-state index < -0.39 is 5.97 Å². The molecule has 6 nitrogen and oxygen atoms in total. The molecular weight excluding hydrogens is 288 g/mol. The highest BCUT2D eigenvalue weighted by molar-refractivity contribution is 7.20. The average Bonchev–Trinajstić information content (AvgIpc) is 3.08. The predicted molar refractivity (Wildman–Crippen MR) is 79.0 cm³/mol. The number of rotatable bonds is 2. The molecule has 0 fully saturated rings. The average molecular weight is 296 g/mol. The molecule has 0 atom stereocenters. The fourth-order valence-corrected chi connectivity index (χ4v) is 3.11. The van der Waals surface area contributed by atoms with Crippen molar-refractivity contribution in [1.29, 1.82) is 0 Å². The molecule has 102 valence electrons. The number of benzene rings is 1. The minimum Gasteiger partial charge on any atom is -0.476 e. The molecule has 3 heterocycles. The first-order chi connectivity index (χ1) is 10.2. The van der Waals surface area contributed by atoms with Gasteiger partial charge in [0, 0.05) is 6.20 Å². The van der Waals surface area contributed by atoms with Crippen molar-refractivity contribution in [1.82, 2.24) is 19.7 Å².